The van der Waals surface area contributed by atoms with Crippen molar-refractivity contribution in [3.8, 4) is 11.5 Å². The summed E-state index contributed by atoms with van der Waals surface area (Å²) in [5.41, 5.74) is 2.67. The molecule has 2 aromatic carbocycles. The van der Waals surface area contributed by atoms with Crippen LogP contribution in [0.15, 0.2) is 47.1 Å². The summed E-state index contributed by atoms with van der Waals surface area (Å²) >= 11 is 2.24. The number of benzene rings is 2. The largest absolute Gasteiger partial charge is 0.493 e. The van der Waals surface area contributed by atoms with Gasteiger partial charge in [0.2, 0.25) is 5.90 Å². The van der Waals surface area contributed by atoms with Crippen LogP contribution in [0.25, 0.3) is 6.08 Å². The molecule has 0 atom stereocenters. The van der Waals surface area contributed by atoms with Gasteiger partial charge in [0.15, 0.2) is 23.8 Å². The maximum Gasteiger partial charge on any atom is 0.363 e. The van der Waals surface area contributed by atoms with Crippen molar-refractivity contribution in [3.63, 3.8) is 0 Å². The van der Waals surface area contributed by atoms with Crippen molar-refractivity contribution in [2.75, 3.05) is 20.8 Å². The normalized spacial score (nSPS) is 14.4. The lowest BCUT2D eigenvalue weighted by molar-refractivity contribution is -0.143. The molecule has 0 unspecified atom stereocenters. The molecule has 150 valence electrons. The van der Waals surface area contributed by atoms with Crippen LogP contribution in [0.4, 0.5) is 0 Å². The van der Waals surface area contributed by atoms with E-state index < -0.39 is 11.9 Å². The van der Waals surface area contributed by atoms with Crippen molar-refractivity contribution in [1.82, 2.24) is 0 Å². The minimum absolute atomic E-state index is 0.182. The average molecular weight is 507 g/mol. The number of cyclic esters (lactones) is 1. The summed E-state index contributed by atoms with van der Waals surface area (Å²) in [5.74, 6) is 0.0336. The summed E-state index contributed by atoms with van der Waals surface area (Å²) in [6.07, 6.45) is 1.60. The van der Waals surface area contributed by atoms with Gasteiger partial charge in [0.1, 0.15) is 0 Å². The lowest BCUT2D eigenvalue weighted by Gasteiger charge is -2.10. The third-order valence-electron chi connectivity index (χ3n) is 4.09. The summed E-state index contributed by atoms with van der Waals surface area (Å²) < 4.78 is 21.7. The first-order valence-corrected chi connectivity index (χ1v) is 9.66. The number of esters is 2. The Bertz CT molecular complexity index is 1030. The molecule has 1 aliphatic rings. The molecule has 7 nitrogen and oxygen atoms in total. The molecule has 0 radical (unpaired) electrons. The number of aryl methyl sites for hydroxylation is 1. The van der Waals surface area contributed by atoms with Gasteiger partial charge in [0, 0.05) is 9.13 Å². The number of rotatable bonds is 6. The highest BCUT2D eigenvalue weighted by molar-refractivity contribution is 14.1. The predicted molar refractivity (Wildman–Crippen MR) is 115 cm³/mol. The monoisotopic (exact) mass is 507 g/mol. The van der Waals surface area contributed by atoms with Crippen molar-refractivity contribution in [1.29, 1.82) is 0 Å². The third kappa shape index (κ3) is 4.94. The fraction of sp³-hybridized carbons (Fsp3) is 0.190. The predicted octanol–water partition coefficient (Wildman–Crippen LogP) is 3.50. The third-order valence-corrected chi connectivity index (χ3v) is 5.30. The molecule has 0 fully saturated rings. The molecule has 3 rings (SSSR count). The highest BCUT2D eigenvalue weighted by Crippen LogP contribution is 2.30. The van der Waals surface area contributed by atoms with Gasteiger partial charge in [-0.1, -0.05) is 6.07 Å². The van der Waals surface area contributed by atoms with Gasteiger partial charge in [0.05, 0.1) is 14.2 Å². The number of carbonyl (C=O) groups is 2. The number of nitrogens with zero attached hydrogens (tertiary/aromatic N) is 1. The van der Waals surface area contributed by atoms with Gasteiger partial charge >= 0.3 is 11.9 Å². The van der Waals surface area contributed by atoms with Crippen molar-refractivity contribution < 1.29 is 28.5 Å². The molecule has 0 saturated carbocycles. The minimum Gasteiger partial charge on any atom is -0.493 e. The Morgan fingerprint density at radius 1 is 1.17 bits per heavy atom. The smallest absolute Gasteiger partial charge is 0.363 e. The minimum atomic E-state index is -0.527. The van der Waals surface area contributed by atoms with Gasteiger partial charge in [-0.3, -0.25) is 0 Å². The highest BCUT2D eigenvalue weighted by atomic mass is 127. The molecular formula is C21H18INO6. The molecule has 0 spiro atoms. The van der Waals surface area contributed by atoms with Gasteiger partial charge < -0.3 is 18.9 Å². The Morgan fingerprint density at radius 3 is 2.66 bits per heavy atom. The number of hydrogen-bond acceptors (Lipinski definition) is 7. The highest BCUT2D eigenvalue weighted by Gasteiger charge is 2.24. The van der Waals surface area contributed by atoms with Crippen LogP contribution in [0.5, 0.6) is 11.5 Å². The number of aliphatic imine (C=N–C) groups is 1. The zero-order chi connectivity index (χ0) is 21.0. The Labute approximate surface area is 181 Å². The Hall–Kier alpha value is -2.88. The molecule has 0 aliphatic carbocycles. The van der Waals surface area contributed by atoms with Crippen LogP contribution < -0.4 is 9.47 Å². The molecule has 0 aromatic heterocycles. The van der Waals surface area contributed by atoms with E-state index in [-0.39, 0.29) is 18.2 Å². The molecule has 0 N–H and O–H groups in total. The van der Waals surface area contributed by atoms with E-state index >= 15 is 0 Å². The molecule has 1 heterocycles. The molecule has 0 amide bonds. The zero-order valence-electron chi connectivity index (χ0n) is 16.0. The average Bonchev–Trinajstić information content (AvgIpc) is 3.08. The van der Waals surface area contributed by atoms with E-state index in [1.165, 1.54) is 14.2 Å². The second-order valence-corrected chi connectivity index (χ2v) is 7.24. The SMILES string of the molecule is COC(=O)COc1ccc(/C=C2\N=C(c3ccc(I)c(C)c3)OC2=O)cc1OC. The van der Waals surface area contributed by atoms with Crippen molar-refractivity contribution in [3.05, 3.63) is 62.4 Å². The van der Waals surface area contributed by atoms with E-state index in [1.54, 1.807) is 24.3 Å². The molecule has 29 heavy (non-hydrogen) atoms. The Morgan fingerprint density at radius 2 is 1.97 bits per heavy atom. The second kappa shape index (κ2) is 9.08. The Balaban J connectivity index is 1.85. The summed E-state index contributed by atoms with van der Waals surface area (Å²) in [4.78, 5) is 27.8. The zero-order valence-corrected chi connectivity index (χ0v) is 18.2. The lowest BCUT2D eigenvalue weighted by atomic mass is 10.1. The van der Waals surface area contributed by atoms with Crippen LogP contribution in [0.1, 0.15) is 16.7 Å². The fourth-order valence-corrected chi connectivity index (χ4v) is 2.89. The van der Waals surface area contributed by atoms with Crippen molar-refractivity contribution in [2.24, 2.45) is 4.99 Å². The first-order valence-electron chi connectivity index (χ1n) is 8.58. The number of carbonyl (C=O) groups excluding carboxylic acids is 2. The maximum atomic E-state index is 12.2. The van der Waals surface area contributed by atoms with Crippen LogP contribution in [0, 0.1) is 10.5 Å². The van der Waals surface area contributed by atoms with Gasteiger partial charge in [0.25, 0.3) is 0 Å². The van der Waals surface area contributed by atoms with E-state index in [2.05, 4.69) is 32.3 Å². The van der Waals surface area contributed by atoms with E-state index in [9.17, 15) is 9.59 Å². The van der Waals surface area contributed by atoms with Crippen LogP contribution >= 0.6 is 22.6 Å². The molecule has 0 bridgehead atoms. The summed E-state index contributed by atoms with van der Waals surface area (Å²) in [6.45, 7) is 1.75. The standard InChI is InChI=1S/C21H18INO6/c1-12-8-14(5-6-15(12)22)20-23-16(21(25)29-20)9-13-4-7-17(18(10-13)26-2)28-11-19(24)27-3/h4-10H,11H2,1-3H3/b16-9-. The summed E-state index contributed by atoms with van der Waals surface area (Å²) in [7, 11) is 2.77. The fourth-order valence-electron chi connectivity index (χ4n) is 2.56. The van der Waals surface area contributed by atoms with E-state index in [0.717, 1.165) is 14.7 Å². The molecule has 1 aliphatic heterocycles. The van der Waals surface area contributed by atoms with Gasteiger partial charge in [-0.25, -0.2) is 14.6 Å². The van der Waals surface area contributed by atoms with Gasteiger partial charge in [-0.05, 0) is 77.0 Å². The quantitative estimate of drug-likeness (QED) is 0.338. The lowest BCUT2D eigenvalue weighted by Crippen LogP contribution is -2.12. The number of hydrogen-bond donors (Lipinski definition) is 0. The summed E-state index contributed by atoms with van der Waals surface area (Å²) in [5, 5.41) is 0. The Kier molecular flexibility index (Phi) is 6.53. The molecule has 2 aromatic rings. The van der Waals surface area contributed by atoms with Gasteiger partial charge in [-0.15, -0.1) is 0 Å². The number of methoxy groups -OCH3 is 2. The first kappa shape index (κ1) is 20.8. The van der Waals surface area contributed by atoms with Crippen LogP contribution in [0.2, 0.25) is 0 Å². The van der Waals surface area contributed by atoms with Crippen molar-refractivity contribution in [2.45, 2.75) is 6.92 Å². The maximum absolute atomic E-state index is 12.2. The first-order chi connectivity index (χ1) is 13.9. The number of ether oxygens (including phenoxy) is 4. The van der Waals surface area contributed by atoms with Crippen LogP contribution in [0.3, 0.4) is 0 Å². The molecule has 0 saturated heterocycles. The summed E-state index contributed by atoms with van der Waals surface area (Å²) in [6, 6.07) is 10.8. The molecule has 8 heteroatoms. The molecular weight excluding hydrogens is 489 g/mol. The van der Waals surface area contributed by atoms with E-state index in [1.807, 2.05) is 25.1 Å². The van der Waals surface area contributed by atoms with Crippen LogP contribution in [-0.2, 0) is 19.1 Å². The van der Waals surface area contributed by atoms with Gasteiger partial charge in [-0.2, -0.15) is 0 Å². The van der Waals surface area contributed by atoms with Crippen LogP contribution in [-0.4, -0.2) is 38.7 Å². The van der Waals surface area contributed by atoms with E-state index in [4.69, 9.17) is 14.2 Å². The number of halogens is 1. The second-order valence-electron chi connectivity index (χ2n) is 6.08. The van der Waals surface area contributed by atoms with E-state index in [0.29, 0.717) is 17.1 Å². The van der Waals surface area contributed by atoms with Crippen molar-refractivity contribution >= 4 is 46.5 Å². The topological polar surface area (TPSA) is 83.4 Å².